The van der Waals surface area contributed by atoms with Crippen molar-refractivity contribution in [1.29, 1.82) is 0 Å². The maximum absolute atomic E-state index is 11.1. The van der Waals surface area contributed by atoms with Gasteiger partial charge in [-0.25, -0.2) is 8.42 Å². The summed E-state index contributed by atoms with van der Waals surface area (Å²) in [4.78, 5) is 13.0. The van der Waals surface area contributed by atoms with Crippen molar-refractivity contribution >= 4 is 15.8 Å². The molecule has 1 aliphatic heterocycles. The molecule has 94 valence electrons. The fourth-order valence-electron chi connectivity index (χ4n) is 2.14. The van der Waals surface area contributed by atoms with Crippen LogP contribution < -0.4 is 0 Å². The molecule has 0 aliphatic carbocycles. The van der Waals surface area contributed by atoms with E-state index in [1.165, 1.54) is 6.26 Å². The highest BCUT2D eigenvalue weighted by molar-refractivity contribution is 7.90. The van der Waals surface area contributed by atoms with Gasteiger partial charge >= 0.3 is 5.97 Å². The summed E-state index contributed by atoms with van der Waals surface area (Å²) in [5.41, 5.74) is -0.808. The summed E-state index contributed by atoms with van der Waals surface area (Å²) in [5, 5.41) is 9.14. The van der Waals surface area contributed by atoms with Crippen molar-refractivity contribution in [3.8, 4) is 0 Å². The largest absolute Gasteiger partial charge is 0.480 e. The molecule has 0 radical (unpaired) electrons. The van der Waals surface area contributed by atoms with E-state index in [4.69, 9.17) is 5.11 Å². The fraction of sp³-hybridized carbons (Fsp3) is 0.900. The highest BCUT2D eigenvalue weighted by atomic mass is 32.2. The number of carboxylic acids is 1. The second kappa shape index (κ2) is 4.71. The van der Waals surface area contributed by atoms with Crippen LogP contribution in [0.3, 0.4) is 0 Å². The van der Waals surface area contributed by atoms with Gasteiger partial charge in [-0.2, -0.15) is 0 Å². The Hall–Kier alpha value is -0.620. The smallest absolute Gasteiger partial charge is 0.323 e. The van der Waals surface area contributed by atoms with Crippen molar-refractivity contribution in [1.82, 2.24) is 4.90 Å². The average molecular weight is 249 g/mol. The zero-order valence-electron chi connectivity index (χ0n) is 9.77. The van der Waals surface area contributed by atoms with Gasteiger partial charge in [-0.3, -0.25) is 9.69 Å². The lowest BCUT2D eigenvalue weighted by Crippen LogP contribution is -2.48. The molecule has 5 nitrogen and oxygen atoms in total. The van der Waals surface area contributed by atoms with Crippen LogP contribution in [-0.4, -0.2) is 55.0 Å². The Balaban J connectivity index is 2.51. The van der Waals surface area contributed by atoms with Crippen molar-refractivity contribution < 1.29 is 18.3 Å². The van der Waals surface area contributed by atoms with Gasteiger partial charge in [0.15, 0.2) is 0 Å². The van der Waals surface area contributed by atoms with Crippen molar-refractivity contribution in [2.45, 2.75) is 31.7 Å². The first-order valence-electron chi connectivity index (χ1n) is 5.42. The maximum Gasteiger partial charge on any atom is 0.323 e. The van der Waals surface area contributed by atoms with E-state index in [2.05, 4.69) is 0 Å². The van der Waals surface area contributed by atoms with Crippen LogP contribution in [0.25, 0.3) is 0 Å². The lowest BCUT2D eigenvalue weighted by molar-refractivity contribution is -0.148. The van der Waals surface area contributed by atoms with Crippen molar-refractivity contribution in [3.63, 3.8) is 0 Å². The van der Waals surface area contributed by atoms with Gasteiger partial charge in [0.25, 0.3) is 0 Å². The Bertz CT molecular complexity index is 365. The summed E-state index contributed by atoms with van der Waals surface area (Å²) in [7, 11) is -2.95. The first-order valence-corrected chi connectivity index (χ1v) is 7.48. The van der Waals surface area contributed by atoms with Crippen LogP contribution in [-0.2, 0) is 14.6 Å². The number of nitrogens with zero attached hydrogens (tertiary/aromatic N) is 1. The molecular weight excluding hydrogens is 230 g/mol. The molecule has 1 unspecified atom stereocenters. The van der Waals surface area contributed by atoms with Crippen LogP contribution in [0, 0.1) is 0 Å². The predicted molar refractivity (Wildman–Crippen MR) is 61.2 cm³/mol. The van der Waals surface area contributed by atoms with E-state index in [1.807, 2.05) is 4.90 Å². The van der Waals surface area contributed by atoms with Gasteiger partial charge in [0, 0.05) is 12.8 Å². The molecule has 6 heteroatoms. The first-order chi connectivity index (χ1) is 7.26. The van der Waals surface area contributed by atoms with Gasteiger partial charge in [-0.15, -0.1) is 0 Å². The highest BCUT2D eigenvalue weighted by Crippen LogP contribution is 2.29. The molecule has 0 saturated carbocycles. The zero-order valence-corrected chi connectivity index (χ0v) is 10.6. The Morgan fingerprint density at radius 1 is 1.50 bits per heavy atom. The summed E-state index contributed by atoms with van der Waals surface area (Å²) in [6.45, 7) is 2.99. The fourth-order valence-corrected chi connectivity index (χ4v) is 2.79. The number of sulfone groups is 1. The molecule has 0 aromatic carbocycles. The predicted octanol–water partition coefficient (Wildman–Crippen LogP) is 0.360. The highest BCUT2D eigenvalue weighted by Gasteiger charge is 2.42. The molecule has 1 aliphatic rings. The van der Waals surface area contributed by atoms with Crippen molar-refractivity contribution in [3.05, 3.63) is 0 Å². The first kappa shape index (κ1) is 13.4. The third-order valence-electron chi connectivity index (χ3n) is 3.19. The molecule has 0 aromatic rings. The van der Waals surface area contributed by atoms with Crippen LogP contribution >= 0.6 is 0 Å². The number of aliphatic carboxylic acids is 1. The SMILES string of the molecule is CC1(C(=O)O)CCCN1CCCS(C)(=O)=O. The summed E-state index contributed by atoms with van der Waals surface area (Å²) >= 11 is 0. The number of hydrogen-bond acceptors (Lipinski definition) is 4. The standard InChI is InChI=1S/C10H19NO4S/c1-10(9(12)13)5-3-6-11(10)7-4-8-16(2,14)15/h3-8H2,1-2H3,(H,12,13). The van der Waals surface area contributed by atoms with E-state index in [-0.39, 0.29) is 5.75 Å². The van der Waals surface area contributed by atoms with Crippen LogP contribution in [0.1, 0.15) is 26.2 Å². The molecular formula is C10H19NO4S. The minimum Gasteiger partial charge on any atom is -0.480 e. The monoisotopic (exact) mass is 249 g/mol. The van der Waals surface area contributed by atoms with E-state index in [0.29, 0.717) is 19.4 Å². The molecule has 1 atom stereocenters. The van der Waals surface area contributed by atoms with Crippen LogP contribution in [0.4, 0.5) is 0 Å². The summed E-state index contributed by atoms with van der Waals surface area (Å²) in [5.74, 6) is -0.691. The minimum absolute atomic E-state index is 0.124. The van der Waals surface area contributed by atoms with E-state index in [9.17, 15) is 13.2 Å². The molecule has 1 saturated heterocycles. The van der Waals surface area contributed by atoms with Crippen molar-refractivity contribution in [2.75, 3.05) is 25.1 Å². The second-order valence-corrected chi connectivity index (χ2v) is 6.91. The molecule has 1 fully saturated rings. The number of carbonyl (C=O) groups is 1. The third-order valence-corrected chi connectivity index (χ3v) is 4.22. The molecule has 0 bridgehead atoms. The summed E-state index contributed by atoms with van der Waals surface area (Å²) in [6.07, 6.45) is 3.21. The third kappa shape index (κ3) is 3.18. The molecule has 16 heavy (non-hydrogen) atoms. The summed E-state index contributed by atoms with van der Waals surface area (Å²) in [6, 6.07) is 0. The molecule has 0 amide bonds. The Labute approximate surface area is 96.4 Å². The van der Waals surface area contributed by atoms with Gasteiger partial charge in [-0.1, -0.05) is 0 Å². The van der Waals surface area contributed by atoms with Gasteiger partial charge in [-0.05, 0) is 32.7 Å². The molecule has 1 heterocycles. The number of rotatable bonds is 5. The Morgan fingerprint density at radius 2 is 2.12 bits per heavy atom. The quantitative estimate of drug-likeness (QED) is 0.761. The van der Waals surface area contributed by atoms with Gasteiger partial charge in [0.1, 0.15) is 15.4 Å². The number of carboxylic acid groups (broad SMARTS) is 1. The van der Waals surface area contributed by atoms with E-state index in [1.54, 1.807) is 6.92 Å². The molecule has 0 spiro atoms. The normalized spacial score (nSPS) is 27.1. The van der Waals surface area contributed by atoms with Crippen LogP contribution in [0.2, 0.25) is 0 Å². The lowest BCUT2D eigenvalue weighted by atomic mass is 9.99. The van der Waals surface area contributed by atoms with E-state index >= 15 is 0 Å². The molecule has 0 aromatic heterocycles. The maximum atomic E-state index is 11.1. The topological polar surface area (TPSA) is 74.7 Å². The minimum atomic E-state index is -2.95. The van der Waals surface area contributed by atoms with Crippen molar-refractivity contribution in [2.24, 2.45) is 0 Å². The molecule has 1 N–H and O–H groups in total. The van der Waals surface area contributed by atoms with Gasteiger partial charge in [0.05, 0.1) is 5.75 Å². The van der Waals surface area contributed by atoms with Gasteiger partial charge < -0.3 is 5.11 Å². The number of likely N-dealkylation sites (tertiary alicyclic amines) is 1. The van der Waals surface area contributed by atoms with E-state index < -0.39 is 21.3 Å². The summed E-state index contributed by atoms with van der Waals surface area (Å²) < 4.78 is 21.9. The van der Waals surface area contributed by atoms with Gasteiger partial charge in [0.2, 0.25) is 0 Å². The molecule has 1 rings (SSSR count). The van der Waals surface area contributed by atoms with Crippen LogP contribution in [0.5, 0.6) is 0 Å². The van der Waals surface area contributed by atoms with E-state index in [0.717, 1.165) is 13.0 Å². The average Bonchev–Trinajstić information content (AvgIpc) is 2.47. The lowest BCUT2D eigenvalue weighted by Gasteiger charge is -2.30. The second-order valence-electron chi connectivity index (χ2n) is 4.65. The van der Waals surface area contributed by atoms with Crippen LogP contribution in [0.15, 0.2) is 0 Å². The Morgan fingerprint density at radius 3 is 2.62 bits per heavy atom. The Kier molecular flexibility index (Phi) is 3.96. The zero-order chi connectivity index (χ0) is 12.4. The number of hydrogen-bond donors (Lipinski definition) is 1.